The minimum absolute atomic E-state index is 0.0331. The molecular formula is C23H24N2O9. The van der Waals surface area contributed by atoms with Crippen LogP contribution in [0.1, 0.15) is 36.9 Å². The van der Waals surface area contributed by atoms with Crippen LogP contribution >= 0.6 is 0 Å². The van der Waals surface area contributed by atoms with Crippen LogP contribution in [-0.4, -0.2) is 53.6 Å². The van der Waals surface area contributed by atoms with Crippen LogP contribution in [0.2, 0.25) is 0 Å². The number of nitrogens with one attached hydrogen (secondary N) is 1. The largest absolute Gasteiger partial charge is 0.507 e. The molecule has 0 radical (unpaired) electrons. The minimum Gasteiger partial charge on any atom is -0.507 e. The van der Waals surface area contributed by atoms with Gasteiger partial charge >= 0.3 is 17.7 Å². The van der Waals surface area contributed by atoms with E-state index in [9.17, 15) is 24.8 Å². The molecule has 180 valence electrons. The fourth-order valence-corrected chi connectivity index (χ4v) is 4.82. The molecule has 11 heteroatoms. The monoisotopic (exact) mass is 472 g/mol. The summed E-state index contributed by atoms with van der Waals surface area (Å²) >= 11 is 0. The van der Waals surface area contributed by atoms with Gasteiger partial charge in [-0.2, -0.15) is 0 Å². The highest BCUT2D eigenvalue weighted by Crippen LogP contribution is 2.61. The summed E-state index contributed by atoms with van der Waals surface area (Å²) in [6.07, 6.45) is 0. The molecule has 2 aromatic carbocycles. The molecule has 2 aromatic rings. The van der Waals surface area contributed by atoms with Crippen molar-refractivity contribution in [2.24, 2.45) is 0 Å². The SMILES string of the molecule is CCOC(=O)C1(C(=O)OCC)N[C@@H](c2ccc(OC)cc2O)[C@]2([N+](=O)[O-])Oc3ccccc3[C@H]12. The molecule has 1 fully saturated rings. The summed E-state index contributed by atoms with van der Waals surface area (Å²) < 4.78 is 21.5. The summed E-state index contributed by atoms with van der Waals surface area (Å²) in [7, 11) is 1.40. The van der Waals surface area contributed by atoms with Gasteiger partial charge in [0.2, 0.25) is 5.54 Å². The number of carbonyl (C=O) groups is 2. The molecule has 1 saturated heterocycles. The zero-order valence-corrected chi connectivity index (χ0v) is 18.8. The maximum atomic E-state index is 13.4. The van der Waals surface area contributed by atoms with Crippen molar-refractivity contribution in [1.82, 2.24) is 5.32 Å². The van der Waals surface area contributed by atoms with Crippen molar-refractivity contribution in [2.75, 3.05) is 20.3 Å². The Bertz CT molecular complexity index is 1130. The van der Waals surface area contributed by atoms with E-state index in [2.05, 4.69) is 5.32 Å². The van der Waals surface area contributed by atoms with Gasteiger partial charge < -0.3 is 24.1 Å². The molecule has 0 aliphatic carbocycles. The first kappa shape index (κ1) is 23.3. The molecule has 0 amide bonds. The number of hydrogen-bond donors (Lipinski definition) is 2. The normalized spacial score (nSPS) is 23.9. The highest BCUT2D eigenvalue weighted by molar-refractivity contribution is 6.07. The number of esters is 2. The van der Waals surface area contributed by atoms with Gasteiger partial charge in [0.15, 0.2) is 0 Å². The van der Waals surface area contributed by atoms with E-state index in [1.165, 1.54) is 31.4 Å². The lowest BCUT2D eigenvalue weighted by molar-refractivity contribution is -0.619. The van der Waals surface area contributed by atoms with E-state index in [4.69, 9.17) is 18.9 Å². The molecule has 34 heavy (non-hydrogen) atoms. The first-order chi connectivity index (χ1) is 16.3. The number of nitro groups is 1. The van der Waals surface area contributed by atoms with Crippen LogP contribution in [0.25, 0.3) is 0 Å². The number of nitrogens with zero attached hydrogens (tertiary/aromatic N) is 1. The predicted molar refractivity (Wildman–Crippen MR) is 116 cm³/mol. The van der Waals surface area contributed by atoms with Crippen molar-refractivity contribution in [3.63, 3.8) is 0 Å². The number of methoxy groups -OCH3 is 1. The second kappa shape index (κ2) is 8.49. The molecular weight excluding hydrogens is 448 g/mol. The third-order valence-corrected chi connectivity index (χ3v) is 6.16. The van der Waals surface area contributed by atoms with Gasteiger partial charge in [-0.3, -0.25) is 15.4 Å². The predicted octanol–water partition coefficient (Wildman–Crippen LogP) is 2.06. The molecule has 2 heterocycles. The maximum Gasteiger partial charge on any atom is 0.392 e. The number of aromatic hydroxyl groups is 1. The number of para-hydroxylation sites is 1. The Kier molecular flexibility index (Phi) is 5.82. The smallest absolute Gasteiger partial charge is 0.392 e. The van der Waals surface area contributed by atoms with E-state index >= 15 is 0 Å². The van der Waals surface area contributed by atoms with E-state index in [1.807, 2.05) is 0 Å². The van der Waals surface area contributed by atoms with Gasteiger partial charge in [0.1, 0.15) is 29.2 Å². The van der Waals surface area contributed by atoms with Crippen molar-refractivity contribution >= 4 is 11.9 Å². The Hall–Kier alpha value is -3.86. The number of carbonyl (C=O) groups excluding carboxylic acids is 2. The van der Waals surface area contributed by atoms with E-state index in [-0.39, 0.29) is 35.8 Å². The molecule has 0 unspecified atom stereocenters. The third-order valence-electron chi connectivity index (χ3n) is 6.16. The number of phenolic OH excluding ortho intramolecular Hbond substituents is 1. The van der Waals surface area contributed by atoms with Gasteiger partial charge in [0.25, 0.3) is 0 Å². The second-order valence-corrected chi connectivity index (χ2v) is 7.83. The molecule has 2 aliphatic rings. The fraction of sp³-hybridized carbons (Fsp3) is 0.391. The van der Waals surface area contributed by atoms with Gasteiger partial charge in [-0.05, 0) is 32.0 Å². The number of benzene rings is 2. The van der Waals surface area contributed by atoms with Crippen LogP contribution in [-0.2, 0) is 19.1 Å². The van der Waals surface area contributed by atoms with Crippen molar-refractivity contribution in [3.8, 4) is 17.2 Å². The first-order valence-corrected chi connectivity index (χ1v) is 10.7. The molecule has 11 nitrogen and oxygen atoms in total. The van der Waals surface area contributed by atoms with Crippen LogP contribution in [0.4, 0.5) is 0 Å². The first-order valence-electron chi connectivity index (χ1n) is 10.7. The Balaban J connectivity index is 2.03. The number of fused-ring (bicyclic) bond motifs is 3. The number of ether oxygens (including phenoxy) is 4. The van der Waals surface area contributed by atoms with Gasteiger partial charge in [0.05, 0.1) is 25.2 Å². The Morgan fingerprint density at radius 1 is 1.12 bits per heavy atom. The van der Waals surface area contributed by atoms with Crippen molar-refractivity contribution in [1.29, 1.82) is 0 Å². The topological polar surface area (TPSA) is 146 Å². The van der Waals surface area contributed by atoms with Gasteiger partial charge in [0, 0.05) is 17.2 Å². The molecule has 0 saturated carbocycles. The Labute approximate surface area is 194 Å². The van der Waals surface area contributed by atoms with Crippen LogP contribution in [0.5, 0.6) is 17.2 Å². The quantitative estimate of drug-likeness (QED) is 0.266. The summed E-state index contributed by atoms with van der Waals surface area (Å²) in [5, 5.41) is 26.3. The number of hydrogen-bond acceptors (Lipinski definition) is 10. The lowest BCUT2D eigenvalue weighted by Crippen LogP contribution is -2.60. The van der Waals surface area contributed by atoms with Crippen LogP contribution < -0.4 is 14.8 Å². The average molecular weight is 472 g/mol. The molecule has 4 rings (SSSR count). The maximum absolute atomic E-state index is 13.4. The van der Waals surface area contributed by atoms with Crippen LogP contribution in [0, 0.1) is 10.1 Å². The van der Waals surface area contributed by atoms with Crippen molar-refractivity contribution in [2.45, 2.75) is 37.1 Å². The zero-order valence-electron chi connectivity index (χ0n) is 18.8. The van der Waals surface area contributed by atoms with Gasteiger partial charge in [-0.25, -0.2) is 9.59 Å². The highest BCUT2D eigenvalue weighted by atomic mass is 16.7. The summed E-state index contributed by atoms with van der Waals surface area (Å²) in [6, 6.07) is 9.05. The van der Waals surface area contributed by atoms with Crippen LogP contribution in [0.15, 0.2) is 42.5 Å². The van der Waals surface area contributed by atoms with Crippen molar-refractivity contribution in [3.05, 3.63) is 63.7 Å². The number of rotatable bonds is 7. The summed E-state index contributed by atoms with van der Waals surface area (Å²) in [5.74, 6) is -3.44. The molecule has 2 aliphatic heterocycles. The van der Waals surface area contributed by atoms with E-state index in [0.29, 0.717) is 5.75 Å². The van der Waals surface area contributed by atoms with E-state index < -0.39 is 40.1 Å². The zero-order chi connectivity index (χ0) is 24.7. The third kappa shape index (κ3) is 3.07. The van der Waals surface area contributed by atoms with Crippen molar-refractivity contribution < 1.29 is 38.6 Å². The molecule has 0 bridgehead atoms. The Morgan fingerprint density at radius 3 is 2.32 bits per heavy atom. The minimum atomic E-state index is -2.38. The second-order valence-electron chi connectivity index (χ2n) is 7.83. The Morgan fingerprint density at radius 2 is 1.76 bits per heavy atom. The van der Waals surface area contributed by atoms with Gasteiger partial charge in [-0.15, -0.1) is 0 Å². The lowest BCUT2D eigenvalue weighted by Gasteiger charge is -2.29. The lowest BCUT2D eigenvalue weighted by atomic mass is 9.76. The van der Waals surface area contributed by atoms with E-state index in [0.717, 1.165) is 0 Å². The van der Waals surface area contributed by atoms with E-state index in [1.54, 1.807) is 32.0 Å². The molecule has 3 atom stereocenters. The molecule has 0 aromatic heterocycles. The summed E-state index contributed by atoms with van der Waals surface area (Å²) in [4.78, 5) is 38.9. The molecule has 0 spiro atoms. The van der Waals surface area contributed by atoms with Gasteiger partial charge in [-0.1, -0.05) is 18.2 Å². The van der Waals surface area contributed by atoms with Crippen LogP contribution in [0.3, 0.4) is 0 Å². The number of phenols is 1. The summed E-state index contributed by atoms with van der Waals surface area (Å²) in [6.45, 7) is 2.94. The molecule has 2 N–H and O–H groups in total. The highest BCUT2D eigenvalue weighted by Gasteiger charge is 2.82. The average Bonchev–Trinajstić information content (AvgIpc) is 3.32. The summed E-state index contributed by atoms with van der Waals surface area (Å²) in [5.41, 5.74) is -4.40. The fourth-order valence-electron chi connectivity index (χ4n) is 4.82. The standard InChI is InChI=1S/C23H24N2O9/c1-4-32-20(27)22(21(28)33-5-2)18-15-8-6-7-9-17(15)34-23(18,25(29)30)19(24-22)14-11-10-13(31-3)12-16(14)26/h6-12,18-19,24,26H,4-5H2,1-3H3/t18-,19+,23-/m1/s1.